The molecular formula is C13H21NS. The summed E-state index contributed by atoms with van der Waals surface area (Å²) in [5, 5.41) is 0. The third-order valence-corrected chi connectivity index (χ3v) is 4.90. The highest BCUT2D eigenvalue weighted by Crippen LogP contribution is 2.34. The number of hydrogen-bond donors (Lipinski definition) is 1. The molecule has 1 aliphatic carbocycles. The highest BCUT2D eigenvalue weighted by molar-refractivity contribution is 7.12. The molecule has 1 atom stereocenters. The molecule has 0 bridgehead atoms. The fourth-order valence-corrected chi connectivity index (χ4v) is 3.56. The fourth-order valence-electron chi connectivity index (χ4n) is 2.51. The minimum Gasteiger partial charge on any atom is -0.323 e. The Hall–Kier alpha value is -0.340. The van der Waals surface area contributed by atoms with Gasteiger partial charge in [0.2, 0.25) is 0 Å². The van der Waals surface area contributed by atoms with Crippen LogP contribution in [0.25, 0.3) is 0 Å². The molecule has 0 saturated heterocycles. The van der Waals surface area contributed by atoms with E-state index in [1.54, 1.807) is 0 Å². The molecule has 1 aromatic rings. The van der Waals surface area contributed by atoms with Crippen LogP contribution in [0.1, 0.15) is 53.5 Å². The topological polar surface area (TPSA) is 26.0 Å². The Morgan fingerprint density at radius 2 is 2.07 bits per heavy atom. The average molecular weight is 223 g/mol. The van der Waals surface area contributed by atoms with Gasteiger partial charge in [0, 0.05) is 15.8 Å². The van der Waals surface area contributed by atoms with Crippen molar-refractivity contribution in [1.29, 1.82) is 0 Å². The van der Waals surface area contributed by atoms with Crippen molar-refractivity contribution in [1.82, 2.24) is 0 Å². The van der Waals surface area contributed by atoms with Crippen LogP contribution in [0.4, 0.5) is 0 Å². The Morgan fingerprint density at radius 3 is 2.60 bits per heavy atom. The summed E-state index contributed by atoms with van der Waals surface area (Å²) in [5.41, 5.74) is 7.67. The molecule has 0 radical (unpaired) electrons. The van der Waals surface area contributed by atoms with Crippen molar-refractivity contribution in [2.45, 2.75) is 52.0 Å². The number of aryl methyl sites for hydroxylation is 2. The van der Waals surface area contributed by atoms with E-state index >= 15 is 0 Å². The second kappa shape index (κ2) is 4.67. The minimum atomic E-state index is 0.283. The van der Waals surface area contributed by atoms with Gasteiger partial charge in [-0.15, -0.1) is 11.3 Å². The fraction of sp³-hybridized carbons (Fsp3) is 0.692. The van der Waals surface area contributed by atoms with Crippen LogP contribution in [0.5, 0.6) is 0 Å². The first-order chi connectivity index (χ1) is 7.16. The zero-order chi connectivity index (χ0) is 10.8. The van der Waals surface area contributed by atoms with Crippen molar-refractivity contribution < 1.29 is 0 Å². The van der Waals surface area contributed by atoms with Crippen LogP contribution in [0.3, 0.4) is 0 Å². The molecule has 15 heavy (non-hydrogen) atoms. The van der Waals surface area contributed by atoms with Crippen molar-refractivity contribution in [3.63, 3.8) is 0 Å². The van der Waals surface area contributed by atoms with Crippen molar-refractivity contribution in [3.05, 3.63) is 21.4 Å². The maximum Gasteiger partial charge on any atom is 0.0392 e. The zero-order valence-electron chi connectivity index (χ0n) is 9.75. The van der Waals surface area contributed by atoms with E-state index in [0.717, 1.165) is 5.92 Å². The molecule has 1 nitrogen and oxygen atoms in total. The predicted octanol–water partition coefficient (Wildman–Crippen LogP) is 3.95. The van der Waals surface area contributed by atoms with Gasteiger partial charge in [0.15, 0.2) is 0 Å². The van der Waals surface area contributed by atoms with Crippen LogP contribution in [0, 0.1) is 19.8 Å². The summed E-state index contributed by atoms with van der Waals surface area (Å²) in [6.07, 6.45) is 6.83. The summed E-state index contributed by atoms with van der Waals surface area (Å²) in [6.45, 7) is 4.36. The molecule has 84 valence electrons. The van der Waals surface area contributed by atoms with Crippen molar-refractivity contribution in [2.24, 2.45) is 11.7 Å². The van der Waals surface area contributed by atoms with E-state index in [9.17, 15) is 0 Å². The van der Waals surface area contributed by atoms with E-state index in [1.165, 1.54) is 47.4 Å². The first-order valence-electron chi connectivity index (χ1n) is 5.99. The Bertz CT molecular complexity index is 304. The Labute approximate surface area is 96.7 Å². The molecule has 0 amide bonds. The Balaban J connectivity index is 1.97. The molecule has 2 N–H and O–H groups in total. The predicted molar refractivity (Wildman–Crippen MR) is 67.3 cm³/mol. The lowest BCUT2D eigenvalue weighted by Crippen LogP contribution is -2.12. The number of thiophene rings is 1. The summed E-state index contributed by atoms with van der Waals surface area (Å²) < 4.78 is 0. The molecule has 0 aliphatic heterocycles. The maximum atomic E-state index is 6.27. The van der Waals surface area contributed by atoms with Crippen LogP contribution >= 0.6 is 11.3 Å². The summed E-state index contributed by atoms with van der Waals surface area (Å²) in [6, 6.07) is 2.56. The lowest BCUT2D eigenvalue weighted by atomic mass is 9.98. The minimum absolute atomic E-state index is 0.283. The first-order valence-corrected chi connectivity index (χ1v) is 6.81. The van der Waals surface area contributed by atoms with Crippen molar-refractivity contribution >= 4 is 11.3 Å². The second-order valence-corrected chi connectivity index (χ2v) is 6.17. The van der Waals surface area contributed by atoms with Gasteiger partial charge in [0.05, 0.1) is 0 Å². The Morgan fingerprint density at radius 1 is 1.40 bits per heavy atom. The maximum absolute atomic E-state index is 6.27. The van der Waals surface area contributed by atoms with E-state index in [4.69, 9.17) is 5.73 Å². The smallest absolute Gasteiger partial charge is 0.0392 e. The third kappa shape index (κ3) is 2.61. The van der Waals surface area contributed by atoms with Crippen LogP contribution in [0.2, 0.25) is 0 Å². The molecule has 2 heteroatoms. The van der Waals surface area contributed by atoms with Gasteiger partial charge < -0.3 is 5.73 Å². The van der Waals surface area contributed by atoms with Gasteiger partial charge in [-0.25, -0.2) is 0 Å². The summed E-state index contributed by atoms with van der Waals surface area (Å²) >= 11 is 1.88. The van der Waals surface area contributed by atoms with E-state index in [2.05, 4.69) is 19.9 Å². The summed E-state index contributed by atoms with van der Waals surface area (Å²) in [7, 11) is 0. The third-order valence-electron chi connectivity index (χ3n) is 3.61. The number of rotatable bonds is 3. The van der Waals surface area contributed by atoms with Crippen molar-refractivity contribution in [3.8, 4) is 0 Å². The Kier molecular flexibility index (Phi) is 3.47. The van der Waals surface area contributed by atoms with E-state index in [1.807, 2.05) is 11.3 Å². The molecule has 1 heterocycles. The van der Waals surface area contributed by atoms with Gasteiger partial charge in [0.25, 0.3) is 0 Å². The van der Waals surface area contributed by atoms with E-state index in [-0.39, 0.29) is 6.04 Å². The standard InChI is InChI=1S/C13H21NS/c1-9-7-13(15-10(9)2)12(14)8-11-5-3-4-6-11/h7,11-12H,3-6,8,14H2,1-2H3. The molecule has 0 spiro atoms. The molecule has 0 aromatic carbocycles. The van der Waals surface area contributed by atoms with Gasteiger partial charge in [-0.1, -0.05) is 25.7 Å². The average Bonchev–Trinajstić information content (AvgIpc) is 2.78. The van der Waals surface area contributed by atoms with Gasteiger partial charge in [-0.05, 0) is 37.8 Å². The van der Waals surface area contributed by atoms with Crippen LogP contribution in [-0.2, 0) is 0 Å². The normalized spacial score (nSPS) is 19.7. The first kappa shape index (κ1) is 11.2. The summed E-state index contributed by atoms with van der Waals surface area (Å²) in [5.74, 6) is 0.891. The molecule has 1 unspecified atom stereocenters. The largest absolute Gasteiger partial charge is 0.323 e. The lowest BCUT2D eigenvalue weighted by Gasteiger charge is -2.14. The molecule has 1 fully saturated rings. The quantitative estimate of drug-likeness (QED) is 0.825. The number of nitrogens with two attached hydrogens (primary N) is 1. The molecule has 1 aliphatic rings. The van der Waals surface area contributed by atoms with Crippen LogP contribution < -0.4 is 5.73 Å². The van der Waals surface area contributed by atoms with Gasteiger partial charge >= 0.3 is 0 Å². The molecule has 1 saturated carbocycles. The van der Waals surface area contributed by atoms with Crippen LogP contribution in [0.15, 0.2) is 6.07 Å². The highest BCUT2D eigenvalue weighted by Gasteiger charge is 2.20. The van der Waals surface area contributed by atoms with Gasteiger partial charge in [-0.2, -0.15) is 0 Å². The van der Waals surface area contributed by atoms with Gasteiger partial charge in [0.1, 0.15) is 0 Å². The summed E-state index contributed by atoms with van der Waals surface area (Å²) in [4.78, 5) is 2.81. The van der Waals surface area contributed by atoms with Crippen molar-refractivity contribution in [2.75, 3.05) is 0 Å². The highest BCUT2D eigenvalue weighted by atomic mass is 32.1. The lowest BCUT2D eigenvalue weighted by molar-refractivity contribution is 0.454. The molecule has 2 rings (SSSR count). The monoisotopic (exact) mass is 223 g/mol. The van der Waals surface area contributed by atoms with E-state index in [0.29, 0.717) is 0 Å². The molecular weight excluding hydrogens is 202 g/mol. The number of hydrogen-bond acceptors (Lipinski definition) is 2. The second-order valence-electron chi connectivity index (χ2n) is 4.88. The van der Waals surface area contributed by atoms with Crippen LogP contribution in [-0.4, -0.2) is 0 Å². The van der Waals surface area contributed by atoms with Gasteiger partial charge in [-0.3, -0.25) is 0 Å². The zero-order valence-corrected chi connectivity index (χ0v) is 10.6. The van der Waals surface area contributed by atoms with E-state index < -0.39 is 0 Å². The molecule has 1 aromatic heterocycles. The SMILES string of the molecule is Cc1cc(C(N)CC2CCCC2)sc1C.